The fourth-order valence-corrected chi connectivity index (χ4v) is 9.53. The van der Waals surface area contributed by atoms with Crippen molar-refractivity contribution in [1.82, 2.24) is 4.90 Å². The maximum Gasteiger partial charge on any atom is 0.329 e. The van der Waals surface area contributed by atoms with Crippen LogP contribution < -0.4 is 0 Å². The highest BCUT2D eigenvalue weighted by Crippen LogP contribution is 2.39. The molecular weight excluding hydrogens is 750 g/mol. The average molecular weight is 820 g/mol. The molecule has 3 heterocycles. The van der Waals surface area contributed by atoms with E-state index >= 15 is 0 Å². The van der Waals surface area contributed by atoms with E-state index in [-0.39, 0.29) is 67.7 Å². The van der Waals surface area contributed by atoms with Gasteiger partial charge in [0.15, 0.2) is 5.78 Å². The highest BCUT2D eigenvalue weighted by Gasteiger charge is 2.56. The number of piperidine rings is 1. The molecule has 4 rings (SSSR count). The second kappa shape index (κ2) is 21.1. The van der Waals surface area contributed by atoms with Gasteiger partial charge in [-0.3, -0.25) is 19.2 Å². The van der Waals surface area contributed by atoms with Gasteiger partial charge in [0, 0.05) is 52.6 Å². The third kappa shape index (κ3) is 11.5. The second-order valence-electron chi connectivity index (χ2n) is 17.7. The Labute approximate surface area is 344 Å². The van der Waals surface area contributed by atoms with Crippen LogP contribution in [0, 0.1) is 29.6 Å². The van der Waals surface area contributed by atoms with Crippen molar-refractivity contribution in [2.24, 2.45) is 29.6 Å². The Morgan fingerprint density at radius 2 is 1.53 bits per heavy atom. The van der Waals surface area contributed by atoms with Crippen molar-refractivity contribution in [2.75, 3.05) is 27.9 Å². The number of rotatable bonds is 7. The topological polar surface area (TPSA) is 195 Å². The number of allylic oxidation sites excluding steroid dienone is 3. The molecule has 0 radical (unpaired) electrons. The number of ketones is 3. The fourth-order valence-electron chi connectivity index (χ4n) is 9.53. The predicted molar refractivity (Wildman–Crippen MR) is 213 cm³/mol. The molecule has 58 heavy (non-hydrogen) atoms. The molecule has 14 nitrogen and oxygen atoms in total. The quantitative estimate of drug-likeness (QED) is 0.189. The molecule has 1 unspecified atom stereocenters. The largest absolute Gasteiger partial charge is 0.456 e. The van der Waals surface area contributed by atoms with Crippen LogP contribution in [0.25, 0.3) is 0 Å². The molecule has 4 aliphatic rings. The van der Waals surface area contributed by atoms with E-state index in [2.05, 4.69) is 0 Å². The first-order valence-electron chi connectivity index (χ1n) is 21.2. The lowest BCUT2D eigenvalue weighted by molar-refractivity contribution is -0.302. The fraction of sp³-hybridized carbons (Fsp3) is 0.795. The zero-order valence-electron chi connectivity index (χ0n) is 36.0. The molecule has 1 aliphatic carbocycles. The molecule has 14 atom stereocenters. The summed E-state index contributed by atoms with van der Waals surface area (Å²) in [5, 5.41) is 34.1. The number of nitrogens with zero attached hydrogens (tertiary/aromatic N) is 1. The Balaban J connectivity index is 1.79. The van der Waals surface area contributed by atoms with Crippen LogP contribution >= 0.6 is 0 Å². The molecule has 2 saturated heterocycles. The summed E-state index contributed by atoms with van der Waals surface area (Å²) in [4.78, 5) is 70.3. The van der Waals surface area contributed by atoms with Gasteiger partial charge in [0.05, 0.1) is 30.5 Å². The van der Waals surface area contributed by atoms with Gasteiger partial charge in [-0.15, -0.1) is 0 Å². The molecule has 0 spiro atoms. The van der Waals surface area contributed by atoms with Gasteiger partial charge >= 0.3 is 5.97 Å². The van der Waals surface area contributed by atoms with E-state index in [1.54, 1.807) is 34.0 Å². The maximum absolute atomic E-state index is 14.3. The van der Waals surface area contributed by atoms with Crippen molar-refractivity contribution in [3.8, 4) is 0 Å². The minimum absolute atomic E-state index is 0.0325. The summed E-state index contributed by atoms with van der Waals surface area (Å²) in [6.45, 7) is 10.5. The van der Waals surface area contributed by atoms with Crippen LogP contribution in [0.4, 0.5) is 0 Å². The van der Waals surface area contributed by atoms with Crippen molar-refractivity contribution < 1.29 is 63.0 Å². The molecule has 0 aromatic heterocycles. The van der Waals surface area contributed by atoms with E-state index in [1.165, 1.54) is 21.1 Å². The number of Topliss-reactive ketones (excluding diaryl/α,β-unsaturated/α-hetero) is 3. The van der Waals surface area contributed by atoms with Gasteiger partial charge < -0.3 is 43.9 Å². The number of aliphatic hydroxyl groups excluding tert-OH is 2. The van der Waals surface area contributed by atoms with E-state index in [0.717, 1.165) is 4.90 Å². The van der Waals surface area contributed by atoms with Gasteiger partial charge in [0.25, 0.3) is 11.7 Å². The molecular formula is C44H69NO13. The third-order valence-electron chi connectivity index (χ3n) is 12.9. The molecule has 1 saturated carbocycles. The van der Waals surface area contributed by atoms with Gasteiger partial charge in [0.2, 0.25) is 5.79 Å². The van der Waals surface area contributed by atoms with Crippen LogP contribution in [0.1, 0.15) is 112 Å². The van der Waals surface area contributed by atoms with E-state index in [0.29, 0.717) is 56.1 Å². The molecule has 328 valence electrons. The van der Waals surface area contributed by atoms with Crippen molar-refractivity contribution in [1.29, 1.82) is 0 Å². The SMILES string of the molecule is CO[C@H]1C[C@@H](C)CC(C)C=C(CC(C)=O)C(=O)C[C@H](O)[C@@H](C)[C@@H](C(C)=C[C@@H]2CC[C@@H](O)[C@H](OC)C2)OC(=O)[C@@H]2CCCCN2C(=O)C(=O)[C@]2(O)O[C@H]1[C@@H](OC)C[C@H]2C. The molecule has 3 aliphatic heterocycles. The number of aliphatic hydroxyl groups is 3. The summed E-state index contributed by atoms with van der Waals surface area (Å²) in [7, 11) is 4.56. The van der Waals surface area contributed by atoms with Crippen LogP contribution in [-0.2, 0) is 47.7 Å². The molecule has 2 bridgehead atoms. The number of fused-ring (bicyclic) bond motifs is 3. The number of carbonyl (C=O) groups is 5. The smallest absolute Gasteiger partial charge is 0.329 e. The lowest BCUT2D eigenvalue weighted by atomic mass is 9.81. The van der Waals surface area contributed by atoms with Crippen molar-refractivity contribution >= 4 is 29.2 Å². The first kappa shape index (κ1) is 47.8. The van der Waals surface area contributed by atoms with Crippen molar-refractivity contribution in [3.63, 3.8) is 0 Å². The third-order valence-corrected chi connectivity index (χ3v) is 12.9. The Kier molecular flexibility index (Phi) is 17.4. The Morgan fingerprint density at radius 3 is 2.17 bits per heavy atom. The van der Waals surface area contributed by atoms with Gasteiger partial charge in [-0.2, -0.15) is 0 Å². The summed E-state index contributed by atoms with van der Waals surface area (Å²) in [6.07, 6.45) is 1.95. The molecule has 14 heteroatoms. The summed E-state index contributed by atoms with van der Waals surface area (Å²) in [5.41, 5.74) is 0.905. The number of methoxy groups -OCH3 is 3. The van der Waals surface area contributed by atoms with Crippen LogP contribution in [0.2, 0.25) is 0 Å². The van der Waals surface area contributed by atoms with Crippen LogP contribution in [0.3, 0.4) is 0 Å². The summed E-state index contributed by atoms with van der Waals surface area (Å²) in [6, 6.07) is -1.17. The molecule has 1 amide bonds. The Morgan fingerprint density at radius 1 is 0.879 bits per heavy atom. The predicted octanol–water partition coefficient (Wildman–Crippen LogP) is 4.04. The van der Waals surface area contributed by atoms with Crippen LogP contribution in [0.5, 0.6) is 0 Å². The molecule has 0 aromatic rings. The number of hydrogen-bond acceptors (Lipinski definition) is 13. The maximum atomic E-state index is 14.3. The number of esters is 1. The standard InChI is InChI=1S/C44H69NO13/c1-24-16-25(2)18-37(55-8)40-38(56-9)20-27(4)44(53,58-40)41(50)42(51)45-15-11-10-12-32(45)43(52)57-39(26(3)19-30-13-14-33(47)36(22-30)54-7)29(6)34(48)23-35(49)31(17-24)21-28(5)46/h17,19,24-25,27,29-30,32-34,36-40,47-48,53H,10-16,18,20-23H2,1-9H3/t24?,25-,27+,29+,30-,32-,33+,34-,36+,37-,38-,39+,40+,44+/m0/s1. The number of cyclic esters (lactones) is 1. The van der Waals surface area contributed by atoms with E-state index < -0.39 is 77.9 Å². The van der Waals surface area contributed by atoms with Gasteiger partial charge in [-0.1, -0.05) is 39.8 Å². The number of amides is 1. The van der Waals surface area contributed by atoms with E-state index in [4.69, 9.17) is 23.7 Å². The second-order valence-corrected chi connectivity index (χ2v) is 17.7. The zero-order chi connectivity index (χ0) is 43.1. The molecule has 0 aromatic carbocycles. The molecule has 3 fully saturated rings. The Bertz CT molecular complexity index is 1530. The van der Waals surface area contributed by atoms with Crippen LogP contribution in [0.15, 0.2) is 23.3 Å². The lowest BCUT2D eigenvalue weighted by Crippen LogP contribution is -2.64. The van der Waals surface area contributed by atoms with Gasteiger partial charge in [0.1, 0.15) is 24.0 Å². The zero-order valence-corrected chi connectivity index (χ0v) is 36.0. The Hall–Kier alpha value is -2.85. The van der Waals surface area contributed by atoms with Crippen LogP contribution in [-0.4, -0.2) is 132 Å². The minimum Gasteiger partial charge on any atom is -0.456 e. The summed E-state index contributed by atoms with van der Waals surface area (Å²) >= 11 is 0. The first-order valence-corrected chi connectivity index (χ1v) is 21.2. The summed E-state index contributed by atoms with van der Waals surface area (Å²) in [5.74, 6) is -8.07. The monoisotopic (exact) mass is 819 g/mol. The van der Waals surface area contributed by atoms with E-state index in [9.17, 15) is 39.3 Å². The first-order chi connectivity index (χ1) is 27.3. The number of ether oxygens (including phenoxy) is 5. The van der Waals surface area contributed by atoms with Gasteiger partial charge in [-0.05, 0) is 101 Å². The van der Waals surface area contributed by atoms with Gasteiger partial charge in [-0.25, -0.2) is 4.79 Å². The highest BCUT2D eigenvalue weighted by atomic mass is 16.7. The van der Waals surface area contributed by atoms with Crippen molar-refractivity contribution in [3.05, 3.63) is 23.3 Å². The normalized spacial score (nSPS) is 39.6. The van der Waals surface area contributed by atoms with Crippen molar-refractivity contribution in [2.45, 2.75) is 167 Å². The highest BCUT2D eigenvalue weighted by molar-refractivity contribution is 6.39. The average Bonchev–Trinajstić information content (AvgIpc) is 3.18. The minimum atomic E-state index is -2.53. The molecule has 3 N–H and O–H groups in total. The number of carbonyl (C=O) groups excluding carboxylic acids is 5. The van der Waals surface area contributed by atoms with E-state index in [1.807, 2.05) is 19.9 Å². The summed E-state index contributed by atoms with van der Waals surface area (Å²) < 4.78 is 29.7. The lowest BCUT2D eigenvalue weighted by Gasteiger charge is -2.47. The number of hydrogen-bond donors (Lipinski definition) is 3.